The molecular weight excluding hydrogens is 364 g/mol. The summed E-state index contributed by atoms with van der Waals surface area (Å²) in [4.78, 5) is 33.8. The summed E-state index contributed by atoms with van der Waals surface area (Å²) >= 11 is 0. The SMILES string of the molecule is O=C(NC1CCCCC1)c1cncc(C(=O)N2CCN(c3ccccc3)CC2)c1. The molecule has 1 aliphatic heterocycles. The van der Waals surface area contributed by atoms with Gasteiger partial charge in [0.15, 0.2) is 0 Å². The molecule has 2 aromatic rings. The Morgan fingerprint density at radius 2 is 1.59 bits per heavy atom. The summed E-state index contributed by atoms with van der Waals surface area (Å²) in [5, 5.41) is 3.09. The lowest BCUT2D eigenvalue weighted by Crippen LogP contribution is -2.48. The van der Waals surface area contributed by atoms with Crippen molar-refractivity contribution >= 4 is 17.5 Å². The number of aromatic nitrogens is 1. The number of nitrogens with zero attached hydrogens (tertiary/aromatic N) is 3. The van der Waals surface area contributed by atoms with Gasteiger partial charge in [0.2, 0.25) is 0 Å². The maximum atomic E-state index is 12.9. The fraction of sp³-hybridized carbons (Fsp3) is 0.435. The highest BCUT2D eigenvalue weighted by Gasteiger charge is 2.24. The van der Waals surface area contributed by atoms with Gasteiger partial charge in [0, 0.05) is 50.3 Å². The molecule has 1 saturated carbocycles. The topological polar surface area (TPSA) is 65.5 Å². The number of hydrogen-bond acceptors (Lipinski definition) is 4. The molecule has 0 unspecified atom stereocenters. The Hall–Kier alpha value is -2.89. The van der Waals surface area contributed by atoms with Crippen LogP contribution in [0.5, 0.6) is 0 Å². The third kappa shape index (κ3) is 4.75. The molecule has 4 rings (SSSR count). The largest absolute Gasteiger partial charge is 0.368 e. The van der Waals surface area contributed by atoms with E-state index in [0.717, 1.165) is 38.8 Å². The second-order valence-electron chi connectivity index (χ2n) is 7.89. The normalized spacial score (nSPS) is 17.8. The summed E-state index contributed by atoms with van der Waals surface area (Å²) in [6, 6.07) is 12.2. The Morgan fingerprint density at radius 3 is 2.31 bits per heavy atom. The van der Waals surface area contributed by atoms with Crippen LogP contribution in [-0.2, 0) is 0 Å². The molecule has 0 radical (unpaired) electrons. The maximum Gasteiger partial charge on any atom is 0.255 e. The smallest absolute Gasteiger partial charge is 0.255 e. The molecule has 6 heteroatoms. The molecule has 0 atom stereocenters. The van der Waals surface area contributed by atoms with Gasteiger partial charge in [-0.25, -0.2) is 0 Å². The molecule has 1 saturated heterocycles. The van der Waals surface area contributed by atoms with Crippen molar-refractivity contribution in [2.75, 3.05) is 31.1 Å². The first kappa shape index (κ1) is 19.4. The Labute approximate surface area is 171 Å². The van der Waals surface area contributed by atoms with E-state index in [1.165, 1.54) is 12.1 Å². The summed E-state index contributed by atoms with van der Waals surface area (Å²) in [5.74, 6) is -0.189. The number of rotatable bonds is 4. The number of para-hydroxylation sites is 1. The molecule has 2 fully saturated rings. The number of anilines is 1. The average molecular weight is 393 g/mol. The fourth-order valence-corrected chi connectivity index (χ4v) is 4.19. The van der Waals surface area contributed by atoms with Gasteiger partial charge < -0.3 is 15.1 Å². The minimum atomic E-state index is -0.132. The van der Waals surface area contributed by atoms with Crippen LogP contribution in [0.1, 0.15) is 52.8 Å². The minimum Gasteiger partial charge on any atom is -0.368 e. The first-order valence-corrected chi connectivity index (χ1v) is 10.6. The Morgan fingerprint density at radius 1 is 0.897 bits per heavy atom. The lowest BCUT2D eigenvalue weighted by atomic mass is 9.95. The molecule has 0 spiro atoms. The second-order valence-corrected chi connectivity index (χ2v) is 7.89. The minimum absolute atomic E-state index is 0.0578. The molecule has 1 N–H and O–H groups in total. The van der Waals surface area contributed by atoms with Crippen molar-refractivity contribution in [3.8, 4) is 0 Å². The van der Waals surface area contributed by atoms with E-state index in [-0.39, 0.29) is 17.9 Å². The number of carbonyl (C=O) groups excluding carboxylic acids is 2. The molecule has 2 heterocycles. The van der Waals surface area contributed by atoms with Crippen molar-refractivity contribution < 1.29 is 9.59 Å². The lowest BCUT2D eigenvalue weighted by Gasteiger charge is -2.36. The van der Waals surface area contributed by atoms with E-state index in [9.17, 15) is 9.59 Å². The van der Waals surface area contributed by atoms with E-state index < -0.39 is 0 Å². The number of amides is 2. The van der Waals surface area contributed by atoms with Gasteiger partial charge in [-0.1, -0.05) is 37.5 Å². The van der Waals surface area contributed by atoms with Crippen LogP contribution in [0.25, 0.3) is 0 Å². The molecular formula is C23H28N4O2. The average Bonchev–Trinajstić information content (AvgIpc) is 2.80. The first-order chi connectivity index (χ1) is 14.2. The summed E-state index contributed by atoms with van der Waals surface area (Å²) in [5.41, 5.74) is 2.13. The van der Waals surface area contributed by atoms with Crippen LogP contribution in [0.4, 0.5) is 5.69 Å². The summed E-state index contributed by atoms with van der Waals surface area (Å²) in [7, 11) is 0. The van der Waals surface area contributed by atoms with E-state index in [4.69, 9.17) is 0 Å². The van der Waals surface area contributed by atoms with Crippen molar-refractivity contribution in [3.05, 3.63) is 59.9 Å². The zero-order valence-corrected chi connectivity index (χ0v) is 16.7. The highest BCUT2D eigenvalue weighted by atomic mass is 16.2. The van der Waals surface area contributed by atoms with Crippen LogP contribution in [-0.4, -0.2) is 53.9 Å². The van der Waals surface area contributed by atoms with Gasteiger partial charge in [-0.2, -0.15) is 0 Å². The Balaban J connectivity index is 1.36. The molecule has 29 heavy (non-hydrogen) atoms. The van der Waals surface area contributed by atoms with Crippen molar-refractivity contribution in [3.63, 3.8) is 0 Å². The third-order valence-electron chi connectivity index (χ3n) is 5.88. The lowest BCUT2D eigenvalue weighted by molar-refractivity contribution is 0.0746. The van der Waals surface area contributed by atoms with Crippen LogP contribution in [0, 0.1) is 0 Å². The van der Waals surface area contributed by atoms with E-state index in [0.29, 0.717) is 24.2 Å². The fourth-order valence-electron chi connectivity index (χ4n) is 4.19. The van der Waals surface area contributed by atoms with Crippen LogP contribution in [0.3, 0.4) is 0 Å². The Bertz CT molecular complexity index is 841. The zero-order valence-electron chi connectivity index (χ0n) is 16.7. The molecule has 1 aromatic carbocycles. The number of pyridine rings is 1. The standard InChI is InChI=1S/C23H28N4O2/c28-22(25-20-7-3-1-4-8-20)18-15-19(17-24-16-18)23(29)27-13-11-26(12-14-27)21-9-5-2-6-10-21/h2,5-6,9-10,15-17,20H,1,3-4,7-8,11-14H2,(H,25,28). The van der Waals surface area contributed by atoms with Gasteiger partial charge in [-0.3, -0.25) is 14.6 Å². The van der Waals surface area contributed by atoms with E-state index in [2.05, 4.69) is 27.3 Å². The van der Waals surface area contributed by atoms with Gasteiger partial charge in [-0.15, -0.1) is 0 Å². The van der Waals surface area contributed by atoms with Crippen LogP contribution in [0.15, 0.2) is 48.8 Å². The van der Waals surface area contributed by atoms with Crippen LogP contribution in [0.2, 0.25) is 0 Å². The van der Waals surface area contributed by atoms with Crippen LogP contribution < -0.4 is 10.2 Å². The zero-order chi connectivity index (χ0) is 20.1. The molecule has 152 valence electrons. The van der Waals surface area contributed by atoms with E-state index in [1.54, 1.807) is 18.5 Å². The predicted molar refractivity (Wildman–Crippen MR) is 113 cm³/mol. The van der Waals surface area contributed by atoms with Crippen LogP contribution >= 0.6 is 0 Å². The van der Waals surface area contributed by atoms with Gasteiger partial charge in [0.05, 0.1) is 11.1 Å². The number of nitrogens with one attached hydrogen (secondary N) is 1. The molecule has 6 nitrogen and oxygen atoms in total. The number of carbonyl (C=O) groups is 2. The van der Waals surface area contributed by atoms with Crippen molar-refractivity contribution in [2.24, 2.45) is 0 Å². The summed E-state index contributed by atoms with van der Waals surface area (Å²) in [6.45, 7) is 2.91. The van der Waals surface area contributed by atoms with E-state index in [1.807, 2.05) is 23.1 Å². The van der Waals surface area contributed by atoms with Gasteiger partial charge in [-0.05, 0) is 31.0 Å². The summed E-state index contributed by atoms with van der Waals surface area (Å²) < 4.78 is 0. The number of benzene rings is 1. The first-order valence-electron chi connectivity index (χ1n) is 10.6. The Kier molecular flexibility index (Phi) is 6.08. The molecule has 2 aliphatic rings. The third-order valence-corrected chi connectivity index (χ3v) is 5.88. The molecule has 1 aromatic heterocycles. The van der Waals surface area contributed by atoms with Crippen molar-refractivity contribution in [1.29, 1.82) is 0 Å². The number of piperazine rings is 1. The highest BCUT2D eigenvalue weighted by Crippen LogP contribution is 2.19. The highest BCUT2D eigenvalue weighted by molar-refractivity contribution is 5.99. The number of hydrogen-bond donors (Lipinski definition) is 1. The van der Waals surface area contributed by atoms with Gasteiger partial charge in [0.1, 0.15) is 0 Å². The van der Waals surface area contributed by atoms with Gasteiger partial charge >= 0.3 is 0 Å². The molecule has 2 amide bonds. The van der Waals surface area contributed by atoms with Crippen molar-refractivity contribution in [1.82, 2.24) is 15.2 Å². The monoisotopic (exact) mass is 392 g/mol. The molecule has 0 bridgehead atoms. The predicted octanol–water partition coefficient (Wildman–Crippen LogP) is 3.11. The van der Waals surface area contributed by atoms with E-state index >= 15 is 0 Å². The van der Waals surface area contributed by atoms with Crippen molar-refractivity contribution in [2.45, 2.75) is 38.1 Å². The second kappa shape index (κ2) is 9.07. The maximum absolute atomic E-state index is 12.9. The molecule has 1 aliphatic carbocycles. The van der Waals surface area contributed by atoms with Gasteiger partial charge in [0.25, 0.3) is 11.8 Å². The summed E-state index contributed by atoms with van der Waals surface area (Å²) in [6.07, 6.45) is 8.74. The quantitative estimate of drug-likeness (QED) is 0.868.